The van der Waals surface area contributed by atoms with E-state index in [1.165, 1.54) is 0 Å². The molecule has 0 spiro atoms. The Morgan fingerprint density at radius 2 is 1.84 bits per heavy atom. The van der Waals surface area contributed by atoms with Crippen molar-refractivity contribution in [3.8, 4) is 0 Å². The van der Waals surface area contributed by atoms with E-state index in [-0.39, 0.29) is 23.2 Å². The molecular formula is C13H17N3O2S. The van der Waals surface area contributed by atoms with E-state index in [4.69, 9.17) is 23.7 Å². The maximum absolute atomic E-state index is 12.0. The topological polar surface area (TPSA) is 98.2 Å². The van der Waals surface area contributed by atoms with Gasteiger partial charge in [0.1, 0.15) is 5.92 Å². The van der Waals surface area contributed by atoms with Crippen LogP contribution in [0.4, 0.5) is 0 Å². The van der Waals surface area contributed by atoms with Crippen LogP contribution in [0.3, 0.4) is 0 Å². The number of benzene rings is 1. The number of hydrogen-bond donors (Lipinski definition) is 3. The number of carbonyl (C=O) groups is 2. The Hall–Kier alpha value is -1.95. The number of hydrogen-bond acceptors (Lipinski definition) is 3. The molecule has 0 aliphatic rings. The van der Waals surface area contributed by atoms with Crippen molar-refractivity contribution in [2.45, 2.75) is 18.8 Å². The Kier molecular flexibility index (Phi) is 5.95. The first-order valence-electron chi connectivity index (χ1n) is 5.92. The minimum absolute atomic E-state index is 0.124. The summed E-state index contributed by atoms with van der Waals surface area (Å²) in [5, 5.41) is 2.70. The van der Waals surface area contributed by atoms with Crippen molar-refractivity contribution in [3.63, 3.8) is 0 Å². The smallest absolute Gasteiger partial charge is 0.234 e. The van der Waals surface area contributed by atoms with Crippen LogP contribution in [0.5, 0.6) is 0 Å². The van der Waals surface area contributed by atoms with Gasteiger partial charge in [-0.3, -0.25) is 9.59 Å². The molecule has 2 amide bonds. The highest BCUT2D eigenvalue weighted by molar-refractivity contribution is 7.80. The van der Waals surface area contributed by atoms with E-state index >= 15 is 0 Å². The lowest BCUT2D eigenvalue weighted by molar-refractivity contribution is -0.122. The number of nitrogens with two attached hydrogens (primary N) is 2. The molecule has 0 bridgehead atoms. The van der Waals surface area contributed by atoms with Crippen molar-refractivity contribution in [3.05, 3.63) is 35.9 Å². The van der Waals surface area contributed by atoms with E-state index in [1.54, 1.807) is 12.1 Å². The highest BCUT2D eigenvalue weighted by atomic mass is 32.1. The third kappa shape index (κ3) is 5.05. The number of rotatable bonds is 7. The van der Waals surface area contributed by atoms with Gasteiger partial charge in [0.25, 0.3) is 0 Å². The average Bonchev–Trinajstić information content (AvgIpc) is 2.35. The van der Waals surface area contributed by atoms with Crippen LogP contribution in [0.15, 0.2) is 30.3 Å². The Balaban J connectivity index is 2.60. The monoisotopic (exact) mass is 279 g/mol. The van der Waals surface area contributed by atoms with Gasteiger partial charge in [-0.1, -0.05) is 42.5 Å². The SMILES string of the molecule is NC(=O)CCCNC(=O)C(C(N)=S)c1ccccc1. The zero-order chi connectivity index (χ0) is 14.3. The summed E-state index contributed by atoms with van der Waals surface area (Å²) in [5.41, 5.74) is 11.4. The van der Waals surface area contributed by atoms with Gasteiger partial charge in [0.2, 0.25) is 11.8 Å². The molecule has 0 saturated carbocycles. The number of carbonyl (C=O) groups excluding carboxylic acids is 2. The average molecular weight is 279 g/mol. The van der Waals surface area contributed by atoms with E-state index in [2.05, 4.69) is 5.32 Å². The Labute approximate surface area is 117 Å². The van der Waals surface area contributed by atoms with Crippen LogP contribution in [-0.4, -0.2) is 23.3 Å². The summed E-state index contributed by atoms with van der Waals surface area (Å²) in [5.74, 6) is -1.30. The molecule has 0 heterocycles. The molecule has 1 aromatic carbocycles. The predicted molar refractivity (Wildman–Crippen MR) is 77.4 cm³/mol. The van der Waals surface area contributed by atoms with Crippen molar-refractivity contribution < 1.29 is 9.59 Å². The summed E-state index contributed by atoms with van der Waals surface area (Å²) in [6, 6.07) is 9.09. The van der Waals surface area contributed by atoms with Crippen molar-refractivity contribution in [1.29, 1.82) is 0 Å². The maximum atomic E-state index is 12.0. The second-order valence-corrected chi connectivity index (χ2v) is 4.58. The second-order valence-electron chi connectivity index (χ2n) is 4.11. The van der Waals surface area contributed by atoms with Gasteiger partial charge < -0.3 is 16.8 Å². The molecule has 0 aromatic heterocycles. The zero-order valence-corrected chi connectivity index (χ0v) is 11.3. The van der Waals surface area contributed by atoms with Crippen LogP contribution < -0.4 is 16.8 Å². The van der Waals surface area contributed by atoms with E-state index < -0.39 is 5.92 Å². The van der Waals surface area contributed by atoms with Gasteiger partial charge in [0, 0.05) is 13.0 Å². The highest BCUT2D eigenvalue weighted by Crippen LogP contribution is 2.16. The highest BCUT2D eigenvalue weighted by Gasteiger charge is 2.22. The number of thiocarbonyl (C=S) groups is 1. The first kappa shape index (κ1) is 15.1. The first-order chi connectivity index (χ1) is 9.02. The number of nitrogens with one attached hydrogen (secondary N) is 1. The van der Waals surface area contributed by atoms with Gasteiger partial charge in [0.05, 0.1) is 4.99 Å². The van der Waals surface area contributed by atoms with E-state index in [9.17, 15) is 9.59 Å². The summed E-state index contributed by atoms with van der Waals surface area (Å²) in [6.45, 7) is 0.369. The molecule has 1 aromatic rings. The van der Waals surface area contributed by atoms with E-state index in [0.717, 1.165) is 5.56 Å². The number of amides is 2. The molecule has 1 rings (SSSR count). The van der Waals surface area contributed by atoms with Gasteiger partial charge in [-0.15, -0.1) is 0 Å². The molecule has 102 valence electrons. The van der Waals surface area contributed by atoms with Crippen LogP contribution in [0, 0.1) is 0 Å². The third-order valence-electron chi connectivity index (χ3n) is 2.58. The fraction of sp³-hybridized carbons (Fsp3) is 0.308. The van der Waals surface area contributed by atoms with Crippen LogP contribution >= 0.6 is 12.2 Å². The van der Waals surface area contributed by atoms with E-state index in [0.29, 0.717) is 13.0 Å². The molecule has 1 unspecified atom stereocenters. The standard InChI is InChI=1S/C13H17N3O2S/c14-10(17)7-4-8-16-13(18)11(12(15)19)9-5-2-1-3-6-9/h1-3,5-6,11H,4,7-8H2,(H2,14,17)(H2,15,19)(H,16,18). The fourth-order valence-electron chi connectivity index (χ4n) is 1.67. The number of primary amides is 1. The molecule has 0 aliphatic heterocycles. The summed E-state index contributed by atoms with van der Waals surface area (Å²) in [4.78, 5) is 22.7. The van der Waals surface area contributed by atoms with Crippen molar-refractivity contribution in [1.82, 2.24) is 5.32 Å². The summed E-state index contributed by atoms with van der Waals surface area (Å²) in [7, 11) is 0. The largest absolute Gasteiger partial charge is 0.392 e. The summed E-state index contributed by atoms with van der Waals surface area (Å²) >= 11 is 4.94. The molecule has 0 fully saturated rings. The molecule has 5 N–H and O–H groups in total. The quantitative estimate of drug-likeness (QED) is 0.498. The maximum Gasteiger partial charge on any atom is 0.234 e. The Morgan fingerprint density at radius 3 is 2.37 bits per heavy atom. The molecule has 1 atom stereocenters. The van der Waals surface area contributed by atoms with E-state index in [1.807, 2.05) is 18.2 Å². The van der Waals surface area contributed by atoms with Gasteiger partial charge >= 0.3 is 0 Å². The van der Waals surface area contributed by atoms with Gasteiger partial charge in [-0.2, -0.15) is 0 Å². The molecule has 6 heteroatoms. The molecule has 0 radical (unpaired) electrons. The molecule has 0 saturated heterocycles. The minimum atomic E-state index is -0.648. The summed E-state index contributed by atoms with van der Waals surface area (Å²) < 4.78 is 0. The fourth-order valence-corrected chi connectivity index (χ4v) is 1.91. The normalized spacial score (nSPS) is 11.6. The lowest BCUT2D eigenvalue weighted by atomic mass is 9.98. The molecule has 5 nitrogen and oxygen atoms in total. The lowest BCUT2D eigenvalue weighted by Crippen LogP contribution is -2.36. The molecule has 19 heavy (non-hydrogen) atoms. The van der Waals surface area contributed by atoms with Gasteiger partial charge in [-0.05, 0) is 12.0 Å². The first-order valence-corrected chi connectivity index (χ1v) is 6.33. The predicted octanol–water partition coefficient (Wildman–Crippen LogP) is 0.438. The van der Waals surface area contributed by atoms with Crippen molar-refractivity contribution in [2.24, 2.45) is 11.5 Å². The zero-order valence-electron chi connectivity index (χ0n) is 10.5. The Morgan fingerprint density at radius 1 is 1.21 bits per heavy atom. The third-order valence-corrected chi connectivity index (χ3v) is 2.81. The molecule has 0 aliphatic carbocycles. The minimum Gasteiger partial charge on any atom is -0.392 e. The Bertz CT molecular complexity index is 462. The lowest BCUT2D eigenvalue weighted by Gasteiger charge is -2.15. The second kappa shape index (κ2) is 7.48. The van der Waals surface area contributed by atoms with Crippen LogP contribution in [-0.2, 0) is 9.59 Å². The van der Waals surface area contributed by atoms with Crippen LogP contribution in [0.2, 0.25) is 0 Å². The summed E-state index contributed by atoms with van der Waals surface area (Å²) in [6.07, 6.45) is 0.739. The van der Waals surface area contributed by atoms with Crippen LogP contribution in [0.1, 0.15) is 24.3 Å². The van der Waals surface area contributed by atoms with Crippen molar-refractivity contribution >= 4 is 29.0 Å². The van der Waals surface area contributed by atoms with Gasteiger partial charge in [0.15, 0.2) is 0 Å². The van der Waals surface area contributed by atoms with Crippen LogP contribution in [0.25, 0.3) is 0 Å². The van der Waals surface area contributed by atoms with Gasteiger partial charge in [-0.25, -0.2) is 0 Å². The van der Waals surface area contributed by atoms with Crippen molar-refractivity contribution in [2.75, 3.05) is 6.54 Å². The molecular weight excluding hydrogens is 262 g/mol.